The van der Waals surface area contributed by atoms with Crippen LogP contribution in [0.3, 0.4) is 0 Å². The summed E-state index contributed by atoms with van der Waals surface area (Å²) in [6, 6.07) is 0. The molecule has 1 nitrogen and oxygen atoms in total. The first-order chi connectivity index (χ1) is 3.06. The van der Waals surface area contributed by atoms with Crippen LogP contribution in [0.5, 0.6) is 0 Å². The van der Waals surface area contributed by atoms with Gasteiger partial charge >= 0.3 is 0 Å². The van der Waals surface area contributed by atoms with Gasteiger partial charge in [0.2, 0.25) is 0 Å². The van der Waals surface area contributed by atoms with Crippen LogP contribution in [0.15, 0.2) is 0 Å². The van der Waals surface area contributed by atoms with Crippen LogP contribution < -0.4 is 0 Å². The van der Waals surface area contributed by atoms with Crippen molar-refractivity contribution < 1.29 is 5.11 Å². The van der Waals surface area contributed by atoms with E-state index in [1.54, 1.807) is 0 Å². The highest BCUT2D eigenvalue weighted by atomic mass is 31.2. The molecular weight excluding hydrogens is 118 g/mol. The van der Waals surface area contributed by atoms with Gasteiger partial charge in [0, 0.05) is 27.3 Å². The molecule has 1 N–H and O–H groups in total. The van der Waals surface area contributed by atoms with Crippen molar-refractivity contribution in [1.29, 1.82) is 0 Å². The molecule has 0 radical (unpaired) electrons. The lowest BCUT2D eigenvalue weighted by atomic mass is 10.8. The van der Waals surface area contributed by atoms with Crippen LogP contribution in [-0.4, -0.2) is 46.3 Å². The highest BCUT2D eigenvalue weighted by Gasteiger charge is 2.14. The van der Waals surface area contributed by atoms with Gasteiger partial charge in [-0.15, -0.1) is 0 Å². The Morgan fingerprint density at radius 3 is 1.62 bits per heavy atom. The molecular formula is C5H18BOP. The fourth-order valence-corrected chi connectivity index (χ4v) is 0.900. The second-order valence-corrected chi connectivity index (χ2v) is 7.77. The van der Waals surface area contributed by atoms with E-state index in [1.807, 2.05) is 0 Å². The van der Waals surface area contributed by atoms with Gasteiger partial charge in [-0.1, -0.05) is 8.41 Å². The van der Waals surface area contributed by atoms with Gasteiger partial charge in [-0.05, 0) is 0 Å². The molecule has 0 atom stereocenters. The lowest BCUT2D eigenvalue weighted by Gasteiger charge is -2.07. The van der Waals surface area contributed by atoms with Crippen LogP contribution >= 0.6 is 7.26 Å². The minimum atomic E-state index is -0.666. The summed E-state index contributed by atoms with van der Waals surface area (Å²) in [4.78, 5) is 0. The van der Waals surface area contributed by atoms with Gasteiger partial charge in [0.1, 0.15) is 0 Å². The van der Waals surface area contributed by atoms with Crippen molar-refractivity contribution in [3.63, 3.8) is 0 Å². The molecule has 0 aromatic rings. The quantitative estimate of drug-likeness (QED) is 0.398. The minimum Gasteiger partial charge on any atom is -0.393 e. The van der Waals surface area contributed by atoms with Crippen molar-refractivity contribution in [3.8, 4) is 0 Å². The van der Waals surface area contributed by atoms with Gasteiger partial charge in [-0.3, -0.25) is 0 Å². The van der Waals surface area contributed by atoms with Gasteiger partial charge in [0.15, 0.2) is 0 Å². The van der Waals surface area contributed by atoms with E-state index in [0.29, 0.717) is 6.61 Å². The summed E-state index contributed by atoms with van der Waals surface area (Å²) in [6.45, 7) is 7.03. The smallest absolute Gasteiger partial charge is 0.0817 e. The lowest BCUT2D eigenvalue weighted by molar-refractivity contribution is 0.321. The Labute approximate surface area is 54.4 Å². The number of hydrogen-bond donors (Lipinski definition) is 1. The Balaban J connectivity index is 0. The summed E-state index contributed by atoms with van der Waals surface area (Å²) in [5.41, 5.74) is 0. The third-order valence-corrected chi connectivity index (χ3v) is 2.31. The maximum atomic E-state index is 8.43. The molecule has 0 rings (SSSR count). The molecule has 0 aliphatic carbocycles. The van der Waals surface area contributed by atoms with E-state index in [4.69, 9.17) is 5.11 Å². The predicted molar refractivity (Wildman–Crippen MR) is 48.0 cm³/mol. The third kappa shape index (κ3) is 9.68. The Bertz CT molecular complexity index is 50.9. The Kier molecular flexibility index (Phi) is 6.13. The second kappa shape index (κ2) is 4.35. The van der Waals surface area contributed by atoms with Crippen molar-refractivity contribution in [2.45, 2.75) is 0 Å². The average Bonchev–Trinajstić information content (AvgIpc) is 1.30. The van der Waals surface area contributed by atoms with Crippen LogP contribution in [0.1, 0.15) is 0 Å². The third-order valence-electron chi connectivity index (χ3n) is 0.771. The van der Waals surface area contributed by atoms with Crippen LogP contribution in [-0.2, 0) is 0 Å². The van der Waals surface area contributed by atoms with E-state index in [2.05, 4.69) is 20.0 Å². The van der Waals surface area contributed by atoms with Gasteiger partial charge in [0.05, 0.1) is 12.8 Å². The Morgan fingerprint density at radius 2 is 1.62 bits per heavy atom. The van der Waals surface area contributed by atoms with Crippen molar-refractivity contribution in [1.82, 2.24) is 0 Å². The molecule has 0 aromatic heterocycles. The molecule has 0 saturated carbocycles. The van der Waals surface area contributed by atoms with Gasteiger partial charge in [-0.2, -0.15) is 0 Å². The molecule has 52 valence electrons. The maximum Gasteiger partial charge on any atom is 0.0817 e. The summed E-state index contributed by atoms with van der Waals surface area (Å²) < 4.78 is 0. The molecule has 0 unspecified atom stereocenters. The molecule has 0 saturated heterocycles. The van der Waals surface area contributed by atoms with E-state index >= 15 is 0 Å². The molecule has 0 aliphatic heterocycles. The normalized spacial score (nSPS) is 10.5. The highest BCUT2D eigenvalue weighted by molar-refractivity contribution is 7.73. The van der Waals surface area contributed by atoms with E-state index < -0.39 is 7.26 Å². The SMILES string of the molecule is C[P+](C)(C)CCO.[BH4-]. The van der Waals surface area contributed by atoms with E-state index in [0.717, 1.165) is 6.16 Å². The van der Waals surface area contributed by atoms with Crippen LogP contribution in [0.4, 0.5) is 0 Å². The monoisotopic (exact) mass is 136 g/mol. The zero-order valence-corrected chi connectivity index (χ0v) is 6.20. The maximum absolute atomic E-state index is 8.43. The summed E-state index contributed by atoms with van der Waals surface area (Å²) in [5, 5.41) is 8.43. The molecule has 0 amide bonds. The van der Waals surface area contributed by atoms with Crippen LogP contribution in [0.2, 0.25) is 0 Å². The summed E-state index contributed by atoms with van der Waals surface area (Å²) in [7, 11) is -0.666. The fourth-order valence-electron chi connectivity index (χ4n) is 0.300. The topological polar surface area (TPSA) is 20.2 Å². The molecule has 0 heterocycles. The number of hydrogen-bond acceptors (Lipinski definition) is 1. The van der Waals surface area contributed by atoms with Crippen molar-refractivity contribution in [2.24, 2.45) is 0 Å². The number of aliphatic hydroxyl groups is 1. The highest BCUT2D eigenvalue weighted by Crippen LogP contribution is 2.45. The van der Waals surface area contributed by atoms with Crippen molar-refractivity contribution >= 4 is 15.7 Å². The van der Waals surface area contributed by atoms with Crippen LogP contribution in [0.25, 0.3) is 0 Å². The van der Waals surface area contributed by atoms with Gasteiger partial charge < -0.3 is 5.11 Å². The summed E-state index contributed by atoms with van der Waals surface area (Å²) in [6.07, 6.45) is 1.01. The first-order valence-electron chi connectivity index (χ1n) is 2.47. The first kappa shape index (κ1) is 11.3. The summed E-state index contributed by atoms with van der Waals surface area (Å²) in [5.74, 6) is 0. The van der Waals surface area contributed by atoms with Crippen molar-refractivity contribution in [3.05, 3.63) is 0 Å². The Morgan fingerprint density at radius 1 is 1.25 bits per heavy atom. The lowest BCUT2D eigenvalue weighted by Crippen LogP contribution is -1.96. The molecule has 3 heteroatoms. The minimum absolute atomic E-state index is 0. The molecule has 8 heavy (non-hydrogen) atoms. The van der Waals surface area contributed by atoms with Crippen LogP contribution in [0, 0.1) is 0 Å². The zero-order valence-electron chi connectivity index (χ0n) is 5.31. The van der Waals surface area contributed by atoms with E-state index in [9.17, 15) is 0 Å². The standard InChI is InChI=1S/C5H14OP.BH4/c1-7(2,3)5-4-6;/h6H,4-5H2,1-3H3;1H4/q+1;-1. The molecule has 0 bridgehead atoms. The van der Waals surface area contributed by atoms with E-state index in [-0.39, 0.29) is 8.41 Å². The largest absolute Gasteiger partial charge is 0.393 e. The Hall–Kier alpha value is 0.455. The molecule has 0 aliphatic rings. The zero-order chi connectivity index (χ0) is 5.91. The molecule has 0 aromatic carbocycles. The number of aliphatic hydroxyl groups excluding tert-OH is 1. The summed E-state index contributed by atoms with van der Waals surface area (Å²) >= 11 is 0. The average molecular weight is 136 g/mol. The fraction of sp³-hybridized carbons (Fsp3) is 1.00. The van der Waals surface area contributed by atoms with Gasteiger partial charge in [-0.25, -0.2) is 0 Å². The van der Waals surface area contributed by atoms with E-state index in [1.165, 1.54) is 0 Å². The van der Waals surface area contributed by atoms with Gasteiger partial charge in [0.25, 0.3) is 0 Å². The first-order valence-corrected chi connectivity index (χ1v) is 5.79. The molecule has 0 fully saturated rings. The molecule has 0 spiro atoms. The second-order valence-electron chi connectivity index (χ2n) is 2.74. The predicted octanol–water partition coefficient (Wildman–Crippen LogP) is -0.566. The number of rotatable bonds is 2. The van der Waals surface area contributed by atoms with Crippen molar-refractivity contribution in [2.75, 3.05) is 32.8 Å².